The van der Waals surface area contributed by atoms with Crippen LogP contribution in [0.4, 0.5) is 0 Å². The summed E-state index contributed by atoms with van der Waals surface area (Å²) in [6.45, 7) is 12.7. The molecule has 0 radical (unpaired) electrons. The smallest absolute Gasteiger partial charge is 0.336 e. The predicted molar refractivity (Wildman–Crippen MR) is 191 cm³/mol. The van der Waals surface area contributed by atoms with Gasteiger partial charge < -0.3 is 24.7 Å². The normalized spacial score (nSPS) is 16.4. The maximum absolute atomic E-state index is 13.8. The van der Waals surface area contributed by atoms with Gasteiger partial charge in [-0.05, 0) is 59.1 Å². The summed E-state index contributed by atoms with van der Waals surface area (Å²) in [6, 6.07) is 6.03. The van der Waals surface area contributed by atoms with Crippen molar-refractivity contribution in [1.82, 2.24) is 0 Å². The van der Waals surface area contributed by atoms with Gasteiger partial charge in [0.05, 0.1) is 43.8 Å². The molecule has 0 fully saturated rings. The molecule has 1 heterocycles. The number of nitrogens with zero attached hydrogens (tertiary/aromatic N) is 1. The molecular weight excluding hydrogens is 592 g/mol. The van der Waals surface area contributed by atoms with Crippen molar-refractivity contribution in [3.63, 3.8) is 0 Å². The summed E-state index contributed by atoms with van der Waals surface area (Å²) in [6.07, 6.45) is 17.4. The number of aliphatic imine (C=N–C) groups is 1. The lowest BCUT2D eigenvalue weighted by Gasteiger charge is -2.34. The highest BCUT2D eigenvalue weighted by Crippen LogP contribution is 2.46. The molecule has 1 aromatic rings. The van der Waals surface area contributed by atoms with Crippen molar-refractivity contribution >= 4 is 17.7 Å². The van der Waals surface area contributed by atoms with Gasteiger partial charge in [-0.2, -0.15) is 0 Å². The Kier molecular flexibility index (Phi) is 20.3. The highest BCUT2D eigenvalue weighted by Gasteiger charge is 2.45. The van der Waals surface area contributed by atoms with Crippen molar-refractivity contribution in [3.05, 3.63) is 40.6 Å². The SMILES string of the molecule is CCCCCCCCCCCCCCCc1cccc(OC(C)C)c1C1C(C(=O)OCC)=C(COCCN)N=C(C)C1C(=O)OCC. The molecule has 2 atom stereocenters. The van der Waals surface area contributed by atoms with Crippen LogP contribution in [0.5, 0.6) is 5.75 Å². The third-order valence-corrected chi connectivity index (χ3v) is 8.63. The number of hydrogen-bond donors (Lipinski definition) is 1. The summed E-state index contributed by atoms with van der Waals surface area (Å²) in [7, 11) is 0. The molecule has 2 N–H and O–H groups in total. The van der Waals surface area contributed by atoms with Gasteiger partial charge in [0.1, 0.15) is 11.7 Å². The second kappa shape index (κ2) is 23.6. The first-order valence-corrected chi connectivity index (χ1v) is 18.5. The Bertz CT molecular complexity index is 1130. The summed E-state index contributed by atoms with van der Waals surface area (Å²) in [5, 5.41) is 0. The fourth-order valence-electron chi connectivity index (χ4n) is 6.45. The number of aryl methyl sites for hydroxylation is 1. The van der Waals surface area contributed by atoms with Crippen molar-refractivity contribution in [2.24, 2.45) is 16.6 Å². The fraction of sp³-hybridized carbons (Fsp3) is 0.718. The average Bonchev–Trinajstić information content (AvgIpc) is 3.03. The molecular formula is C39H64N2O6. The zero-order chi connectivity index (χ0) is 34.4. The van der Waals surface area contributed by atoms with E-state index in [0.717, 1.165) is 30.4 Å². The van der Waals surface area contributed by atoms with E-state index in [9.17, 15) is 9.59 Å². The van der Waals surface area contributed by atoms with E-state index in [0.29, 0.717) is 35.9 Å². The first-order chi connectivity index (χ1) is 22.8. The molecule has 1 aromatic carbocycles. The van der Waals surface area contributed by atoms with Crippen LogP contribution in [0.25, 0.3) is 0 Å². The number of nitrogens with two attached hydrogens (primary N) is 1. The second-order valence-corrected chi connectivity index (χ2v) is 12.9. The summed E-state index contributed by atoms with van der Waals surface area (Å²) in [5.41, 5.74) is 8.91. The molecule has 1 aliphatic rings. The van der Waals surface area contributed by atoms with E-state index < -0.39 is 23.8 Å². The topological polar surface area (TPSA) is 109 Å². The number of unbranched alkanes of at least 4 members (excludes halogenated alkanes) is 12. The molecule has 2 rings (SSSR count). The molecule has 0 saturated heterocycles. The summed E-state index contributed by atoms with van der Waals surface area (Å²) in [4.78, 5) is 32.2. The minimum absolute atomic E-state index is 0.0795. The molecule has 0 saturated carbocycles. The average molecular weight is 657 g/mol. The van der Waals surface area contributed by atoms with Gasteiger partial charge >= 0.3 is 11.9 Å². The zero-order valence-corrected chi connectivity index (χ0v) is 30.4. The van der Waals surface area contributed by atoms with E-state index in [1.165, 1.54) is 70.6 Å². The van der Waals surface area contributed by atoms with Crippen molar-refractivity contribution in [2.75, 3.05) is 33.0 Å². The van der Waals surface area contributed by atoms with Gasteiger partial charge in [-0.3, -0.25) is 9.79 Å². The van der Waals surface area contributed by atoms with Crippen molar-refractivity contribution in [2.45, 2.75) is 143 Å². The van der Waals surface area contributed by atoms with E-state index in [4.69, 9.17) is 29.7 Å². The lowest BCUT2D eigenvalue weighted by Crippen LogP contribution is -2.38. The molecule has 47 heavy (non-hydrogen) atoms. The third kappa shape index (κ3) is 13.7. The van der Waals surface area contributed by atoms with Gasteiger partial charge in [-0.25, -0.2) is 4.79 Å². The Morgan fingerprint density at radius 1 is 0.851 bits per heavy atom. The maximum Gasteiger partial charge on any atom is 0.336 e. The molecule has 0 amide bonds. The van der Waals surface area contributed by atoms with Gasteiger partial charge in [0, 0.05) is 23.7 Å². The number of rotatable bonds is 25. The Hall–Kier alpha value is -2.71. The number of carbonyl (C=O) groups is 2. The zero-order valence-electron chi connectivity index (χ0n) is 30.4. The number of benzene rings is 1. The standard InChI is InChI=1S/C39H64N2O6/c1-7-10-11-12-13-14-15-16-17-18-19-20-21-23-31-24-22-25-33(47-29(4)5)35(31)37-34(38(42)45-8-2)30(6)41-32(28-44-27-26-40)36(37)39(43)46-9-3/h22,24-25,29,34,37H,7-21,23,26-28,40H2,1-6H3. The van der Waals surface area contributed by atoms with Crippen LogP contribution < -0.4 is 10.5 Å². The van der Waals surface area contributed by atoms with E-state index in [1.807, 2.05) is 32.9 Å². The maximum atomic E-state index is 13.8. The van der Waals surface area contributed by atoms with E-state index in [1.54, 1.807) is 13.8 Å². The Morgan fingerprint density at radius 3 is 2.00 bits per heavy atom. The first-order valence-electron chi connectivity index (χ1n) is 18.5. The minimum Gasteiger partial charge on any atom is -0.491 e. The molecule has 0 aliphatic carbocycles. The highest BCUT2D eigenvalue weighted by molar-refractivity contribution is 6.07. The van der Waals surface area contributed by atoms with Crippen LogP contribution in [0.15, 0.2) is 34.5 Å². The molecule has 0 spiro atoms. The lowest BCUT2D eigenvalue weighted by atomic mass is 9.73. The molecule has 2 unspecified atom stereocenters. The van der Waals surface area contributed by atoms with E-state index in [2.05, 4.69) is 13.0 Å². The van der Waals surface area contributed by atoms with Crippen molar-refractivity contribution in [3.8, 4) is 5.75 Å². The largest absolute Gasteiger partial charge is 0.491 e. The van der Waals surface area contributed by atoms with Gasteiger partial charge in [-0.1, -0.05) is 96.1 Å². The lowest BCUT2D eigenvalue weighted by molar-refractivity contribution is -0.146. The van der Waals surface area contributed by atoms with Crippen molar-refractivity contribution in [1.29, 1.82) is 0 Å². The summed E-state index contributed by atoms with van der Waals surface area (Å²) < 4.78 is 23.4. The summed E-state index contributed by atoms with van der Waals surface area (Å²) in [5.74, 6) is -1.79. The van der Waals surface area contributed by atoms with Crippen LogP contribution in [0.1, 0.15) is 142 Å². The predicted octanol–water partition coefficient (Wildman–Crippen LogP) is 8.64. The molecule has 0 bridgehead atoms. The fourth-order valence-corrected chi connectivity index (χ4v) is 6.45. The van der Waals surface area contributed by atoms with Crippen molar-refractivity contribution < 1.29 is 28.5 Å². The number of ether oxygens (including phenoxy) is 4. The first kappa shape index (κ1) is 40.5. The number of esters is 2. The van der Waals surface area contributed by atoms with Crippen LogP contribution >= 0.6 is 0 Å². The van der Waals surface area contributed by atoms with Gasteiger partial charge in [-0.15, -0.1) is 0 Å². The van der Waals surface area contributed by atoms with E-state index >= 15 is 0 Å². The van der Waals surface area contributed by atoms with E-state index in [-0.39, 0.29) is 25.9 Å². The molecule has 8 heteroatoms. The quantitative estimate of drug-likeness (QED) is 0.0829. The van der Waals surface area contributed by atoms with Gasteiger partial charge in [0.15, 0.2) is 0 Å². The van der Waals surface area contributed by atoms with Crippen LogP contribution in [0.2, 0.25) is 0 Å². The summed E-state index contributed by atoms with van der Waals surface area (Å²) >= 11 is 0. The molecule has 1 aliphatic heterocycles. The molecule has 8 nitrogen and oxygen atoms in total. The van der Waals surface area contributed by atoms with Crippen LogP contribution in [0.3, 0.4) is 0 Å². The molecule has 0 aromatic heterocycles. The van der Waals surface area contributed by atoms with Gasteiger partial charge in [0.25, 0.3) is 0 Å². The van der Waals surface area contributed by atoms with Crippen LogP contribution in [0, 0.1) is 5.92 Å². The highest BCUT2D eigenvalue weighted by atomic mass is 16.5. The Balaban J connectivity index is 2.34. The second-order valence-electron chi connectivity index (χ2n) is 12.9. The molecule has 266 valence electrons. The number of hydrogen-bond acceptors (Lipinski definition) is 8. The number of carbonyl (C=O) groups excluding carboxylic acids is 2. The third-order valence-electron chi connectivity index (χ3n) is 8.63. The minimum atomic E-state index is -0.810. The van der Waals surface area contributed by atoms with Gasteiger partial charge in [0.2, 0.25) is 0 Å². The van der Waals surface area contributed by atoms with Crippen LogP contribution in [-0.2, 0) is 30.2 Å². The Labute approximate surface area is 285 Å². The van der Waals surface area contributed by atoms with Crippen LogP contribution in [-0.4, -0.2) is 56.7 Å². The monoisotopic (exact) mass is 656 g/mol. The Morgan fingerprint density at radius 2 is 1.45 bits per heavy atom.